The zero-order chi connectivity index (χ0) is 9.68. The molecule has 1 aromatic heterocycles. The summed E-state index contributed by atoms with van der Waals surface area (Å²) >= 11 is 1.75. The van der Waals surface area contributed by atoms with Gasteiger partial charge in [0, 0.05) is 18.5 Å². The number of hydrogen-bond donors (Lipinski definition) is 0. The van der Waals surface area contributed by atoms with E-state index in [-0.39, 0.29) is 0 Å². The van der Waals surface area contributed by atoms with E-state index in [1.165, 1.54) is 18.0 Å². The summed E-state index contributed by atoms with van der Waals surface area (Å²) in [5.41, 5.74) is 1.14. The Morgan fingerprint density at radius 1 is 1.31 bits per heavy atom. The van der Waals surface area contributed by atoms with E-state index in [4.69, 9.17) is 0 Å². The SMILES string of the molecule is CCCN(CCC)c1nc(C)cs1. The summed E-state index contributed by atoms with van der Waals surface area (Å²) in [4.78, 5) is 6.87. The highest BCUT2D eigenvalue weighted by molar-refractivity contribution is 7.13. The number of rotatable bonds is 5. The third-order valence-corrected chi connectivity index (χ3v) is 2.88. The molecule has 3 heteroatoms. The fraction of sp³-hybridized carbons (Fsp3) is 0.700. The Bertz CT molecular complexity index is 239. The third kappa shape index (κ3) is 2.99. The van der Waals surface area contributed by atoms with Crippen molar-refractivity contribution in [2.24, 2.45) is 0 Å². The maximum absolute atomic E-state index is 4.49. The van der Waals surface area contributed by atoms with Gasteiger partial charge < -0.3 is 4.90 Å². The van der Waals surface area contributed by atoms with Crippen LogP contribution in [0.1, 0.15) is 32.4 Å². The maximum Gasteiger partial charge on any atom is 0.185 e. The molecule has 0 atom stereocenters. The first kappa shape index (κ1) is 10.5. The topological polar surface area (TPSA) is 16.1 Å². The van der Waals surface area contributed by atoms with Gasteiger partial charge >= 0.3 is 0 Å². The van der Waals surface area contributed by atoms with Gasteiger partial charge in [0.2, 0.25) is 0 Å². The molecule has 1 aromatic rings. The molecule has 0 spiro atoms. The van der Waals surface area contributed by atoms with Gasteiger partial charge in [-0.15, -0.1) is 11.3 Å². The smallest absolute Gasteiger partial charge is 0.185 e. The molecular weight excluding hydrogens is 180 g/mol. The van der Waals surface area contributed by atoms with Crippen LogP contribution in [0.3, 0.4) is 0 Å². The van der Waals surface area contributed by atoms with E-state index in [9.17, 15) is 0 Å². The van der Waals surface area contributed by atoms with E-state index in [0.29, 0.717) is 0 Å². The molecule has 0 bridgehead atoms. The maximum atomic E-state index is 4.49. The molecule has 0 aromatic carbocycles. The highest BCUT2D eigenvalue weighted by Gasteiger charge is 2.07. The van der Waals surface area contributed by atoms with Gasteiger partial charge in [-0.05, 0) is 19.8 Å². The molecule has 1 heterocycles. The summed E-state index contributed by atoms with van der Waals surface area (Å²) in [7, 11) is 0. The van der Waals surface area contributed by atoms with Gasteiger partial charge in [-0.2, -0.15) is 0 Å². The molecule has 2 nitrogen and oxygen atoms in total. The molecule has 74 valence electrons. The predicted octanol–water partition coefficient (Wildman–Crippen LogP) is 3.08. The first-order chi connectivity index (χ1) is 6.27. The van der Waals surface area contributed by atoms with Crippen molar-refractivity contribution < 1.29 is 0 Å². The fourth-order valence-electron chi connectivity index (χ4n) is 1.33. The number of aryl methyl sites for hydroxylation is 1. The average molecular weight is 198 g/mol. The van der Waals surface area contributed by atoms with E-state index in [2.05, 4.69) is 36.0 Å². The Kier molecular flexibility index (Phi) is 4.22. The van der Waals surface area contributed by atoms with Crippen LogP contribution >= 0.6 is 11.3 Å². The lowest BCUT2D eigenvalue weighted by molar-refractivity contribution is 0.741. The molecule has 0 saturated heterocycles. The summed E-state index contributed by atoms with van der Waals surface area (Å²) in [5.74, 6) is 0. The van der Waals surface area contributed by atoms with Crippen molar-refractivity contribution in [1.29, 1.82) is 0 Å². The number of aromatic nitrogens is 1. The first-order valence-electron chi connectivity index (χ1n) is 4.95. The standard InChI is InChI=1S/C10H18N2S/c1-4-6-12(7-5-2)10-11-9(3)8-13-10/h8H,4-7H2,1-3H3. The van der Waals surface area contributed by atoms with Crippen molar-refractivity contribution in [3.05, 3.63) is 11.1 Å². The molecular formula is C10H18N2S. The Labute approximate surface area is 84.6 Å². The highest BCUT2D eigenvalue weighted by atomic mass is 32.1. The second-order valence-corrected chi connectivity index (χ2v) is 4.10. The van der Waals surface area contributed by atoms with Crippen LogP contribution in [0.4, 0.5) is 5.13 Å². The van der Waals surface area contributed by atoms with Gasteiger partial charge in [0.15, 0.2) is 5.13 Å². The molecule has 0 radical (unpaired) electrons. The second kappa shape index (κ2) is 5.22. The van der Waals surface area contributed by atoms with Crippen LogP contribution < -0.4 is 4.90 Å². The van der Waals surface area contributed by atoms with Gasteiger partial charge in [-0.25, -0.2) is 4.98 Å². The van der Waals surface area contributed by atoms with Gasteiger partial charge in [0.25, 0.3) is 0 Å². The normalized spacial score (nSPS) is 10.4. The molecule has 0 aliphatic heterocycles. The van der Waals surface area contributed by atoms with Crippen LogP contribution in [0, 0.1) is 6.92 Å². The zero-order valence-corrected chi connectivity index (χ0v) is 9.52. The minimum Gasteiger partial charge on any atom is -0.348 e. The van der Waals surface area contributed by atoms with Crippen LogP contribution in [0.2, 0.25) is 0 Å². The van der Waals surface area contributed by atoms with Gasteiger partial charge in [-0.1, -0.05) is 13.8 Å². The molecule has 13 heavy (non-hydrogen) atoms. The number of hydrogen-bond acceptors (Lipinski definition) is 3. The monoisotopic (exact) mass is 198 g/mol. The Morgan fingerprint density at radius 3 is 2.31 bits per heavy atom. The second-order valence-electron chi connectivity index (χ2n) is 3.26. The molecule has 0 aliphatic rings. The van der Waals surface area contributed by atoms with Crippen molar-refractivity contribution >= 4 is 16.5 Å². The molecule has 0 amide bonds. The molecule has 1 rings (SSSR count). The average Bonchev–Trinajstić information content (AvgIpc) is 2.51. The lowest BCUT2D eigenvalue weighted by Gasteiger charge is -2.19. The summed E-state index contributed by atoms with van der Waals surface area (Å²) in [6, 6.07) is 0. The Hall–Kier alpha value is -0.570. The predicted molar refractivity (Wildman–Crippen MR) is 59.6 cm³/mol. The summed E-state index contributed by atoms with van der Waals surface area (Å²) in [6.07, 6.45) is 2.39. The number of nitrogens with zero attached hydrogens (tertiary/aromatic N) is 2. The molecule has 0 N–H and O–H groups in total. The van der Waals surface area contributed by atoms with Crippen molar-refractivity contribution in [3.63, 3.8) is 0 Å². The molecule has 0 aliphatic carbocycles. The quantitative estimate of drug-likeness (QED) is 0.723. The lowest BCUT2D eigenvalue weighted by atomic mass is 10.4. The van der Waals surface area contributed by atoms with E-state index in [0.717, 1.165) is 18.8 Å². The van der Waals surface area contributed by atoms with E-state index < -0.39 is 0 Å². The van der Waals surface area contributed by atoms with E-state index >= 15 is 0 Å². The Morgan fingerprint density at radius 2 is 1.92 bits per heavy atom. The number of thiazole rings is 1. The number of anilines is 1. The first-order valence-corrected chi connectivity index (χ1v) is 5.83. The minimum absolute atomic E-state index is 1.13. The molecule has 0 fully saturated rings. The van der Waals surface area contributed by atoms with E-state index in [1.807, 2.05) is 0 Å². The summed E-state index contributed by atoms with van der Waals surface area (Å²) in [6.45, 7) is 8.73. The fourth-order valence-corrected chi connectivity index (χ4v) is 2.19. The van der Waals surface area contributed by atoms with Crippen LogP contribution in [-0.2, 0) is 0 Å². The minimum atomic E-state index is 1.13. The van der Waals surface area contributed by atoms with Crippen molar-refractivity contribution in [1.82, 2.24) is 4.98 Å². The van der Waals surface area contributed by atoms with Crippen molar-refractivity contribution in [3.8, 4) is 0 Å². The van der Waals surface area contributed by atoms with Crippen LogP contribution in [0.15, 0.2) is 5.38 Å². The Balaban J connectivity index is 2.63. The third-order valence-electron chi connectivity index (χ3n) is 1.86. The highest BCUT2D eigenvalue weighted by Crippen LogP contribution is 2.20. The van der Waals surface area contributed by atoms with Crippen molar-refractivity contribution in [2.45, 2.75) is 33.6 Å². The summed E-state index contributed by atoms with van der Waals surface area (Å²) < 4.78 is 0. The van der Waals surface area contributed by atoms with Gasteiger partial charge in [0.1, 0.15) is 0 Å². The molecule has 0 saturated carbocycles. The van der Waals surface area contributed by atoms with Crippen LogP contribution in [0.25, 0.3) is 0 Å². The van der Waals surface area contributed by atoms with Crippen LogP contribution in [-0.4, -0.2) is 18.1 Å². The van der Waals surface area contributed by atoms with E-state index in [1.54, 1.807) is 11.3 Å². The van der Waals surface area contributed by atoms with Crippen LogP contribution in [0.5, 0.6) is 0 Å². The summed E-state index contributed by atoms with van der Waals surface area (Å²) in [5, 5.41) is 3.30. The largest absolute Gasteiger partial charge is 0.348 e. The molecule has 0 unspecified atom stereocenters. The van der Waals surface area contributed by atoms with Gasteiger partial charge in [-0.3, -0.25) is 0 Å². The van der Waals surface area contributed by atoms with Crippen molar-refractivity contribution in [2.75, 3.05) is 18.0 Å². The van der Waals surface area contributed by atoms with Gasteiger partial charge in [0.05, 0.1) is 5.69 Å². The lowest BCUT2D eigenvalue weighted by Crippen LogP contribution is -2.24. The zero-order valence-electron chi connectivity index (χ0n) is 8.71.